The number of anilines is 1. The van der Waals surface area contributed by atoms with Crippen LogP contribution in [-0.4, -0.2) is 18.4 Å². The lowest BCUT2D eigenvalue weighted by Gasteiger charge is -2.18. The van der Waals surface area contributed by atoms with Crippen molar-refractivity contribution in [2.45, 2.75) is 12.1 Å². The van der Waals surface area contributed by atoms with Crippen LogP contribution in [0.2, 0.25) is 0 Å². The van der Waals surface area contributed by atoms with Gasteiger partial charge < -0.3 is 10.6 Å². The quantitative estimate of drug-likeness (QED) is 0.622. The zero-order valence-electron chi connectivity index (χ0n) is 15.8. The van der Waals surface area contributed by atoms with Crippen LogP contribution in [0.5, 0.6) is 0 Å². The van der Waals surface area contributed by atoms with Crippen molar-refractivity contribution in [3.63, 3.8) is 0 Å². The van der Waals surface area contributed by atoms with Crippen LogP contribution in [0.3, 0.4) is 0 Å². The van der Waals surface area contributed by atoms with Gasteiger partial charge in [-0.25, -0.2) is 0 Å². The van der Waals surface area contributed by atoms with Gasteiger partial charge in [0.1, 0.15) is 0 Å². The number of hydrogen-bond donors (Lipinski definition) is 2. The molecule has 0 atom stereocenters. The van der Waals surface area contributed by atoms with E-state index < -0.39 is 23.6 Å². The maximum absolute atomic E-state index is 12.8. The lowest BCUT2D eigenvalue weighted by atomic mass is 9.90. The third-order valence-electron chi connectivity index (χ3n) is 4.45. The highest BCUT2D eigenvalue weighted by Crippen LogP contribution is 2.29. The Morgan fingerprint density at radius 1 is 0.767 bits per heavy atom. The van der Waals surface area contributed by atoms with E-state index in [1.165, 1.54) is 12.1 Å². The van der Waals surface area contributed by atoms with Crippen molar-refractivity contribution in [2.24, 2.45) is 0 Å². The van der Waals surface area contributed by atoms with Gasteiger partial charge in [-0.05, 0) is 35.4 Å². The van der Waals surface area contributed by atoms with E-state index in [0.29, 0.717) is 0 Å². The Hall–Kier alpha value is -3.61. The van der Waals surface area contributed by atoms with Crippen molar-refractivity contribution in [3.8, 4) is 0 Å². The maximum atomic E-state index is 12.8. The summed E-state index contributed by atoms with van der Waals surface area (Å²) in [7, 11) is 0. The molecule has 0 saturated carbocycles. The van der Waals surface area contributed by atoms with E-state index >= 15 is 0 Å². The van der Waals surface area contributed by atoms with E-state index in [1.807, 2.05) is 60.7 Å². The van der Waals surface area contributed by atoms with Crippen molar-refractivity contribution in [2.75, 3.05) is 11.9 Å². The molecule has 7 heteroatoms. The minimum Gasteiger partial charge on any atom is -0.346 e. The molecular weight excluding hydrogens is 393 g/mol. The third kappa shape index (κ3) is 5.47. The molecule has 0 spiro atoms. The second-order valence-electron chi connectivity index (χ2n) is 6.60. The number of nitrogens with one attached hydrogen (secondary N) is 2. The first kappa shape index (κ1) is 21.1. The van der Waals surface area contributed by atoms with Gasteiger partial charge in [-0.15, -0.1) is 0 Å². The van der Waals surface area contributed by atoms with Gasteiger partial charge >= 0.3 is 6.18 Å². The second-order valence-corrected chi connectivity index (χ2v) is 6.60. The lowest BCUT2D eigenvalue weighted by Crippen LogP contribution is -2.36. The van der Waals surface area contributed by atoms with Crippen LogP contribution in [0.15, 0.2) is 84.9 Å². The van der Waals surface area contributed by atoms with Gasteiger partial charge in [-0.2, -0.15) is 13.2 Å². The molecule has 0 aliphatic heterocycles. The number of carbonyl (C=O) groups is 2. The average molecular weight is 412 g/mol. The fourth-order valence-corrected chi connectivity index (χ4v) is 3.00. The fraction of sp³-hybridized carbons (Fsp3) is 0.130. The van der Waals surface area contributed by atoms with E-state index in [-0.39, 0.29) is 18.1 Å². The fourth-order valence-electron chi connectivity index (χ4n) is 3.00. The number of hydrogen-bond acceptors (Lipinski definition) is 2. The zero-order chi connectivity index (χ0) is 21.6. The summed E-state index contributed by atoms with van der Waals surface area (Å²) >= 11 is 0. The van der Waals surface area contributed by atoms with Crippen LogP contribution in [-0.2, 0) is 15.8 Å². The van der Waals surface area contributed by atoms with Crippen LogP contribution < -0.4 is 10.6 Å². The largest absolute Gasteiger partial charge is 0.416 e. The number of carbonyl (C=O) groups excluding carboxylic acids is 2. The Labute approximate surface area is 171 Å². The summed E-state index contributed by atoms with van der Waals surface area (Å²) in [4.78, 5) is 25.0. The van der Waals surface area contributed by atoms with Crippen LogP contribution in [0.25, 0.3) is 0 Å². The molecule has 0 unspecified atom stereocenters. The van der Waals surface area contributed by atoms with Crippen LogP contribution >= 0.6 is 0 Å². The molecule has 0 saturated heterocycles. The maximum Gasteiger partial charge on any atom is 0.416 e. The molecule has 30 heavy (non-hydrogen) atoms. The second kappa shape index (κ2) is 9.26. The Kier molecular flexibility index (Phi) is 6.51. The molecule has 0 heterocycles. The first-order valence-corrected chi connectivity index (χ1v) is 9.19. The topological polar surface area (TPSA) is 58.2 Å². The molecule has 0 bridgehead atoms. The third-order valence-corrected chi connectivity index (χ3v) is 4.45. The van der Waals surface area contributed by atoms with Crippen LogP contribution in [0.4, 0.5) is 18.9 Å². The highest BCUT2D eigenvalue weighted by molar-refractivity contribution is 5.96. The van der Waals surface area contributed by atoms with Crippen LogP contribution in [0.1, 0.15) is 22.6 Å². The molecule has 3 aromatic rings. The summed E-state index contributed by atoms with van der Waals surface area (Å²) in [6, 6.07) is 22.4. The highest BCUT2D eigenvalue weighted by atomic mass is 19.4. The first-order valence-electron chi connectivity index (χ1n) is 9.19. The molecule has 2 amide bonds. The monoisotopic (exact) mass is 412 g/mol. The number of benzene rings is 3. The molecule has 0 aliphatic carbocycles. The van der Waals surface area contributed by atoms with Gasteiger partial charge in [-0.1, -0.05) is 60.7 Å². The first-order chi connectivity index (χ1) is 14.3. The van der Waals surface area contributed by atoms with E-state index in [9.17, 15) is 22.8 Å². The normalized spacial score (nSPS) is 11.2. The Morgan fingerprint density at radius 2 is 1.27 bits per heavy atom. The standard InChI is InChI=1S/C23H19F3N2O2/c24-23(25,26)18-11-13-19(14-12-18)28-20(29)15-27-22(30)21(16-7-3-1-4-8-16)17-9-5-2-6-10-17/h1-14,21H,15H2,(H,27,30)(H,28,29). The molecule has 0 aromatic heterocycles. The average Bonchev–Trinajstić information content (AvgIpc) is 2.74. The smallest absolute Gasteiger partial charge is 0.346 e. The van der Waals surface area contributed by atoms with Gasteiger partial charge in [0.05, 0.1) is 18.0 Å². The molecule has 2 N–H and O–H groups in total. The van der Waals surface area contributed by atoms with Crippen molar-refractivity contribution in [3.05, 3.63) is 102 Å². The Balaban J connectivity index is 1.64. The van der Waals surface area contributed by atoms with Gasteiger partial charge in [0, 0.05) is 5.69 Å². The summed E-state index contributed by atoms with van der Waals surface area (Å²) in [5.41, 5.74) is 0.973. The van der Waals surface area contributed by atoms with E-state index in [2.05, 4.69) is 10.6 Å². The van der Waals surface area contributed by atoms with Crippen molar-refractivity contribution in [1.29, 1.82) is 0 Å². The minimum absolute atomic E-state index is 0.213. The van der Waals surface area contributed by atoms with Crippen molar-refractivity contribution < 1.29 is 22.8 Å². The summed E-state index contributed by atoms with van der Waals surface area (Å²) in [6.07, 6.45) is -4.44. The van der Waals surface area contributed by atoms with Gasteiger partial charge in [0.2, 0.25) is 11.8 Å². The summed E-state index contributed by atoms with van der Waals surface area (Å²) in [5, 5.41) is 5.08. The number of halogens is 3. The van der Waals surface area contributed by atoms with Gasteiger partial charge in [0.25, 0.3) is 0 Å². The van der Waals surface area contributed by atoms with Gasteiger partial charge in [-0.3, -0.25) is 9.59 Å². The molecule has 4 nitrogen and oxygen atoms in total. The number of amides is 2. The van der Waals surface area contributed by atoms with Crippen LogP contribution in [0, 0.1) is 0 Å². The molecule has 3 aromatic carbocycles. The molecule has 0 fully saturated rings. The minimum atomic E-state index is -4.44. The van der Waals surface area contributed by atoms with Crippen molar-refractivity contribution in [1.82, 2.24) is 5.32 Å². The lowest BCUT2D eigenvalue weighted by molar-refractivity contribution is -0.137. The summed E-state index contributed by atoms with van der Waals surface area (Å²) in [5.74, 6) is -1.48. The van der Waals surface area contributed by atoms with E-state index in [1.54, 1.807) is 0 Å². The molecule has 0 aliphatic rings. The molecule has 154 valence electrons. The van der Waals surface area contributed by atoms with Crippen molar-refractivity contribution >= 4 is 17.5 Å². The van der Waals surface area contributed by atoms with E-state index in [4.69, 9.17) is 0 Å². The molecular formula is C23H19F3N2O2. The number of rotatable bonds is 6. The Bertz CT molecular complexity index is 949. The molecule has 3 rings (SSSR count). The summed E-state index contributed by atoms with van der Waals surface area (Å²) in [6.45, 7) is -0.310. The summed E-state index contributed by atoms with van der Waals surface area (Å²) < 4.78 is 37.8. The predicted octanol–water partition coefficient (Wildman–Crippen LogP) is 4.59. The van der Waals surface area contributed by atoms with Gasteiger partial charge in [0.15, 0.2) is 0 Å². The molecule has 0 radical (unpaired) electrons. The highest BCUT2D eigenvalue weighted by Gasteiger charge is 2.30. The predicted molar refractivity (Wildman–Crippen MR) is 108 cm³/mol. The van der Waals surface area contributed by atoms with E-state index in [0.717, 1.165) is 23.3 Å². The SMILES string of the molecule is O=C(CNC(=O)C(c1ccccc1)c1ccccc1)Nc1ccc(C(F)(F)F)cc1. The Morgan fingerprint density at radius 3 is 1.73 bits per heavy atom. The number of alkyl halides is 3. The zero-order valence-corrected chi connectivity index (χ0v) is 15.8.